The van der Waals surface area contributed by atoms with Crippen molar-refractivity contribution in [1.29, 1.82) is 0 Å². The molecule has 2 aromatic rings. The third kappa shape index (κ3) is 3.60. The molecule has 7 heteroatoms. The van der Waals surface area contributed by atoms with E-state index in [1.165, 1.54) is 11.1 Å². The summed E-state index contributed by atoms with van der Waals surface area (Å²) in [4.78, 5) is 40.8. The zero-order chi connectivity index (χ0) is 22.5. The van der Waals surface area contributed by atoms with Crippen LogP contribution < -0.4 is 10.1 Å². The van der Waals surface area contributed by atoms with Gasteiger partial charge in [0.05, 0.1) is 0 Å². The molecule has 2 aromatic carbocycles. The van der Waals surface area contributed by atoms with Crippen molar-refractivity contribution in [3.63, 3.8) is 0 Å². The minimum absolute atomic E-state index is 0.126. The summed E-state index contributed by atoms with van der Waals surface area (Å²) in [6, 6.07) is 14.1. The third-order valence-electron chi connectivity index (χ3n) is 7.53. The van der Waals surface area contributed by atoms with Gasteiger partial charge in [0.25, 0.3) is 5.91 Å². The Hall–Kier alpha value is -3.19. The van der Waals surface area contributed by atoms with Crippen molar-refractivity contribution in [3.8, 4) is 5.75 Å². The molecule has 1 saturated carbocycles. The van der Waals surface area contributed by atoms with E-state index in [1.54, 1.807) is 4.90 Å². The van der Waals surface area contributed by atoms with Gasteiger partial charge in [0.15, 0.2) is 0 Å². The van der Waals surface area contributed by atoms with Crippen LogP contribution >= 0.6 is 0 Å². The zero-order valence-corrected chi connectivity index (χ0v) is 18.5. The minimum atomic E-state index is -0.594. The van der Waals surface area contributed by atoms with Crippen molar-refractivity contribution in [3.05, 3.63) is 64.7 Å². The Kier molecular flexibility index (Phi) is 4.94. The van der Waals surface area contributed by atoms with Gasteiger partial charge in [-0.25, -0.2) is 0 Å². The first kappa shape index (κ1) is 20.4. The highest BCUT2D eigenvalue weighted by atomic mass is 16.5. The first-order valence-electron chi connectivity index (χ1n) is 11.8. The number of piperidine rings is 1. The van der Waals surface area contributed by atoms with Crippen LogP contribution in [0.4, 0.5) is 0 Å². The van der Waals surface area contributed by atoms with Gasteiger partial charge in [-0.15, -0.1) is 0 Å². The fraction of sp³-hybridized carbons (Fsp3) is 0.423. The van der Waals surface area contributed by atoms with Gasteiger partial charge in [-0.3, -0.25) is 24.6 Å². The van der Waals surface area contributed by atoms with Gasteiger partial charge in [-0.1, -0.05) is 24.3 Å². The van der Waals surface area contributed by atoms with Crippen molar-refractivity contribution in [2.75, 3.05) is 0 Å². The second-order valence-electron chi connectivity index (χ2n) is 9.55. The predicted octanol–water partition coefficient (Wildman–Crippen LogP) is 2.76. The minimum Gasteiger partial charge on any atom is -0.489 e. The van der Waals surface area contributed by atoms with Gasteiger partial charge in [0, 0.05) is 37.7 Å². The molecule has 1 aliphatic carbocycles. The lowest BCUT2D eigenvalue weighted by molar-refractivity contribution is -0.136. The summed E-state index contributed by atoms with van der Waals surface area (Å²) >= 11 is 0. The number of imide groups is 1. The zero-order valence-electron chi connectivity index (χ0n) is 18.5. The first-order chi connectivity index (χ1) is 16.1. The molecule has 0 spiro atoms. The molecule has 0 aromatic heterocycles. The van der Waals surface area contributed by atoms with E-state index >= 15 is 0 Å². The smallest absolute Gasteiger partial charge is 0.255 e. The van der Waals surface area contributed by atoms with Gasteiger partial charge in [-0.2, -0.15) is 0 Å². The van der Waals surface area contributed by atoms with Crippen LogP contribution in [0.25, 0.3) is 0 Å². The normalized spacial score (nSPS) is 27.0. The summed E-state index contributed by atoms with van der Waals surface area (Å²) < 4.78 is 6.48. The van der Waals surface area contributed by atoms with Gasteiger partial charge in [0.2, 0.25) is 11.8 Å². The number of hydrogen-bond donors (Lipinski definition) is 1. The fourth-order valence-electron chi connectivity index (χ4n) is 5.85. The molecule has 4 aliphatic rings. The number of nitrogens with one attached hydrogen (secondary N) is 1. The Morgan fingerprint density at radius 3 is 2.42 bits per heavy atom. The number of carbonyl (C=O) groups excluding carboxylic acids is 3. The van der Waals surface area contributed by atoms with E-state index in [0.717, 1.165) is 43.7 Å². The highest BCUT2D eigenvalue weighted by molar-refractivity contribution is 6.05. The van der Waals surface area contributed by atoms with Gasteiger partial charge in [-0.05, 0) is 60.6 Å². The van der Waals surface area contributed by atoms with Crippen LogP contribution in [0, 0.1) is 0 Å². The Labute approximate surface area is 192 Å². The molecule has 1 N–H and O–H groups in total. The molecule has 2 fully saturated rings. The Morgan fingerprint density at radius 1 is 0.879 bits per heavy atom. The molecule has 3 amide bonds. The molecule has 170 valence electrons. The number of hydrogen-bond acceptors (Lipinski definition) is 5. The molecule has 33 heavy (non-hydrogen) atoms. The number of fused-ring (bicyclic) bond motifs is 2. The summed E-state index contributed by atoms with van der Waals surface area (Å²) in [6.45, 7) is 2.31. The fourth-order valence-corrected chi connectivity index (χ4v) is 5.85. The lowest BCUT2D eigenvalue weighted by Gasteiger charge is -2.29. The van der Waals surface area contributed by atoms with Gasteiger partial charge < -0.3 is 9.64 Å². The quantitative estimate of drug-likeness (QED) is 0.733. The third-order valence-corrected chi connectivity index (χ3v) is 7.53. The molecule has 3 heterocycles. The Bertz CT molecular complexity index is 1120. The second kappa shape index (κ2) is 7.99. The van der Waals surface area contributed by atoms with Crippen molar-refractivity contribution < 1.29 is 19.1 Å². The molecule has 1 saturated heterocycles. The van der Waals surface area contributed by atoms with Crippen molar-refractivity contribution in [2.45, 2.75) is 69.9 Å². The maximum Gasteiger partial charge on any atom is 0.255 e. The summed E-state index contributed by atoms with van der Waals surface area (Å²) in [6.07, 6.45) is 4.06. The lowest BCUT2D eigenvalue weighted by atomic mass is 10.0. The number of benzene rings is 2. The molecule has 7 nitrogen and oxygen atoms in total. The lowest BCUT2D eigenvalue weighted by Crippen LogP contribution is -2.52. The Balaban J connectivity index is 1.16. The van der Waals surface area contributed by atoms with Crippen LogP contribution in [-0.4, -0.2) is 45.7 Å². The highest BCUT2D eigenvalue weighted by Crippen LogP contribution is 2.35. The summed E-state index contributed by atoms with van der Waals surface area (Å²) in [5.74, 6) is -0.0347. The van der Waals surface area contributed by atoms with Crippen LogP contribution in [0.5, 0.6) is 5.75 Å². The van der Waals surface area contributed by atoms with Crippen LogP contribution in [-0.2, 0) is 29.2 Å². The maximum absolute atomic E-state index is 12.9. The SMILES string of the molecule is O=C1CCC(N2Cc3cc(O[C@H]4CCC[C@@H]4N4Cc5ccccc5C4)ccc3C2=O)C(=O)N1. The standard InChI is InChI=1S/C26H27N3O4/c30-24-11-10-22(25(31)27-24)29-15-18-12-19(8-9-20(18)26(29)32)33-23-7-3-6-21(23)28-13-16-4-1-2-5-17(16)14-28/h1-2,4-5,8-9,12,21-23H,3,6-7,10-11,13-15H2,(H,27,30,31)/t21-,22?,23-/m0/s1. The first-order valence-corrected chi connectivity index (χ1v) is 11.8. The van der Waals surface area contributed by atoms with Crippen LogP contribution in [0.3, 0.4) is 0 Å². The van der Waals surface area contributed by atoms with Crippen LogP contribution in [0.1, 0.15) is 59.2 Å². The predicted molar refractivity (Wildman–Crippen MR) is 120 cm³/mol. The summed E-state index contributed by atoms with van der Waals surface area (Å²) in [7, 11) is 0. The van der Waals surface area contributed by atoms with E-state index < -0.39 is 6.04 Å². The second-order valence-corrected chi connectivity index (χ2v) is 9.55. The topological polar surface area (TPSA) is 79.0 Å². The summed E-state index contributed by atoms with van der Waals surface area (Å²) in [5, 5.41) is 2.35. The van der Waals surface area contributed by atoms with Crippen LogP contribution in [0.15, 0.2) is 42.5 Å². The molecule has 0 radical (unpaired) electrons. The molecule has 3 aliphatic heterocycles. The molecule has 6 rings (SSSR count). The Morgan fingerprint density at radius 2 is 1.67 bits per heavy atom. The van der Waals surface area contributed by atoms with Crippen molar-refractivity contribution in [1.82, 2.24) is 15.1 Å². The number of amides is 3. The number of nitrogens with zero attached hydrogens (tertiary/aromatic N) is 2. The van der Waals surface area contributed by atoms with Gasteiger partial charge >= 0.3 is 0 Å². The van der Waals surface area contributed by atoms with Crippen LogP contribution in [0.2, 0.25) is 0 Å². The average Bonchev–Trinajstić information content (AvgIpc) is 3.51. The summed E-state index contributed by atoms with van der Waals surface area (Å²) in [5.41, 5.74) is 4.32. The van der Waals surface area contributed by atoms with E-state index in [2.05, 4.69) is 34.5 Å². The monoisotopic (exact) mass is 445 g/mol. The molecule has 3 atom stereocenters. The van der Waals surface area contributed by atoms with Crippen molar-refractivity contribution in [2.24, 2.45) is 0 Å². The highest BCUT2D eigenvalue weighted by Gasteiger charge is 2.40. The van der Waals surface area contributed by atoms with Gasteiger partial charge in [0.1, 0.15) is 17.9 Å². The largest absolute Gasteiger partial charge is 0.489 e. The van der Waals surface area contributed by atoms with E-state index in [0.29, 0.717) is 24.6 Å². The van der Waals surface area contributed by atoms with E-state index in [1.807, 2.05) is 18.2 Å². The van der Waals surface area contributed by atoms with E-state index in [9.17, 15) is 14.4 Å². The molecular weight excluding hydrogens is 418 g/mol. The number of ether oxygens (including phenoxy) is 1. The number of rotatable bonds is 4. The number of carbonyl (C=O) groups is 3. The maximum atomic E-state index is 12.9. The molecule has 0 bridgehead atoms. The van der Waals surface area contributed by atoms with E-state index in [4.69, 9.17) is 4.74 Å². The van der Waals surface area contributed by atoms with E-state index in [-0.39, 0.29) is 30.2 Å². The van der Waals surface area contributed by atoms with Crippen molar-refractivity contribution >= 4 is 17.7 Å². The molecule has 1 unspecified atom stereocenters. The molecular formula is C26H27N3O4. The average molecular weight is 446 g/mol.